The summed E-state index contributed by atoms with van der Waals surface area (Å²) in [6.45, 7) is 2.68. The first kappa shape index (κ1) is 17.7. The van der Waals surface area contributed by atoms with Crippen molar-refractivity contribution in [3.05, 3.63) is 42.2 Å². The van der Waals surface area contributed by atoms with Crippen molar-refractivity contribution in [2.75, 3.05) is 19.6 Å². The number of likely N-dealkylation sites (tertiary alicyclic amines) is 2. The molecule has 0 radical (unpaired) electrons. The average Bonchev–Trinajstić information content (AvgIpc) is 3.27. The molecule has 1 aromatic carbocycles. The lowest BCUT2D eigenvalue weighted by Gasteiger charge is -2.44. The second-order valence-corrected chi connectivity index (χ2v) is 7.39. The molecule has 7 heteroatoms. The predicted octanol–water partition coefficient (Wildman–Crippen LogP) is 1.47. The van der Waals surface area contributed by atoms with Crippen LogP contribution in [0.15, 0.2) is 40.9 Å². The van der Waals surface area contributed by atoms with Gasteiger partial charge in [-0.3, -0.25) is 9.59 Å². The molecule has 2 aromatic rings. The van der Waals surface area contributed by atoms with Gasteiger partial charge in [0.05, 0.1) is 6.10 Å². The van der Waals surface area contributed by atoms with Crippen molar-refractivity contribution < 1.29 is 19.2 Å². The van der Waals surface area contributed by atoms with Crippen LogP contribution >= 0.6 is 0 Å². The van der Waals surface area contributed by atoms with Gasteiger partial charge in [-0.15, -0.1) is 0 Å². The summed E-state index contributed by atoms with van der Waals surface area (Å²) in [5.74, 6) is 0.347. The molecule has 3 heterocycles. The van der Waals surface area contributed by atoms with Crippen LogP contribution < -0.4 is 0 Å². The Labute approximate surface area is 157 Å². The number of carbonyl (C=O) groups excluding carboxylic acids is 2. The molecule has 2 amide bonds. The maximum atomic E-state index is 13.2. The molecule has 1 unspecified atom stereocenters. The number of aliphatic hydroxyl groups is 1. The summed E-state index contributed by atoms with van der Waals surface area (Å²) in [6.07, 6.45) is 1.16. The minimum atomic E-state index is -0.959. The van der Waals surface area contributed by atoms with Crippen LogP contribution in [0.1, 0.15) is 25.5 Å². The van der Waals surface area contributed by atoms with Crippen molar-refractivity contribution in [1.29, 1.82) is 0 Å². The van der Waals surface area contributed by atoms with Gasteiger partial charge in [-0.1, -0.05) is 35.5 Å². The molecule has 1 atom stereocenters. The van der Waals surface area contributed by atoms with Crippen molar-refractivity contribution in [1.82, 2.24) is 15.0 Å². The minimum Gasteiger partial charge on any atom is -0.389 e. The number of hydrogen-bond acceptors (Lipinski definition) is 5. The number of aromatic nitrogens is 1. The van der Waals surface area contributed by atoms with E-state index in [1.165, 1.54) is 6.92 Å². The van der Waals surface area contributed by atoms with E-state index in [1.807, 2.05) is 36.4 Å². The Morgan fingerprint density at radius 2 is 2.04 bits per heavy atom. The number of aliphatic hydroxyl groups excluding tert-OH is 1. The van der Waals surface area contributed by atoms with Gasteiger partial charge in [0.1, 0.15) is 17.0 Å². The number of carbonyl (C=O) groups is 2. The van der Waals surface area contributed by atoms with Crippen LogP contribution in [-0.4, -0.2) is 63.2 Å². The second-order valence-electron chi connectivity index (χ2n) is 7.39. The molecule has 27 heavy (non-hydrogen) atoms. The van der Waals surface area contributed by atoms with Gasteiger partial charge >= 0.3 is 0 Å². The quantitative estimate of drug-likeness (QED) is 0.882. The highest BCUT2D eigenvalue weighted by Crippen LogP contribution is 2.36. The summed E-state index contributed by atoms with van der Waals surface area (Å²) in [5, 5.41) is 13.7. The molecule has 0 bridgehead atoms. The summed E-state index contributed by atoms with van der Waals surface area (Å²) < 4.78 is 5.53. The molecule has 2 saturated heterocycles. The molecule has 2 aliphatic heterocycles. The maximum Gasteiger partial charge on any atom is 0.249 e. The van der Waals surface area contributed by atoms with Crippen LogP contribution in [0.4, 0.5) is 0 Å². The van der Waals surface area contributed by atoms with E-state index in [4.69, 9.17) is 4.52 Å². The summed E-state index contributed by atoms with van der Waals surface area (Å²) in [7, 11) is 0. The Morgan fingerprint density at radius 1 is 1.30 bits per heavy atom. The molecular weight excluding hydrogens is 346 g/mol. The van der Waals surface area contributed by atoms with Gasteiger partial charge in [-0.25, -0.2) is 0 Å². The van der Waals surface area contributed by atoms with Crippen LogP contribution in [0.2, 0.25) is 0 Å². The van der Waals surface area contributed by atoms with Crippen LogP contribution in [0.3, 0.4) is 0 Å². The SMILES string of the molecule is CC(=O)N1CCCC1(Cc1cc(-c2ccccc2)no1)C(=O)N1CC(O)C1. The van der Waals surface area contributed by atoms with Crippen LogP contribution in [-0.2, 0) is 16.0 Å². The zero-order valence-corrected chi connectivity index (χ0v) is 15.3. The van der Waals surface area contributed by atoms with Gasteiger partial charge in [0.2, 0.25) is 11.8 Å². The van der Waals surface area contributed by atoms with Gasteiger partial charge in [0.15, 0.2) is 0 Å². The molecule has 142 valence electrons. The van der Waals surface area contributed by atoms with E-state index in [0.717, 1.165) is 12.0 Å². The van der Waals surface area contributed by atoms with Crippen LogP contribution in [0, 0.1) is 0 Å². The highest BCUT2D eigenvalue weighted by atomic mass is 16.5. The molecule has 0 spiro atoms. The largest absolute Gasteiger partial charge is 0.389 e. The highest BCUT2D eigenvalue weighted by molar-refractivity contribution is 5.92. The number of amides is 2. The molecule has 0 saturated carbocycles. The highest BCUT2D eigenvalue weighted by Gasteiger charge is 2.52. The van der Waals surface area contributed by atoms with Crippen molar-refractivity contribution in [3.63, 3.8) is 0 Å². The zero-order chi connectivity index (χ0) is 19.0. The van der Waals surface area contributed by atoms with E-state index >= 15 is 0 Å². The fraction of sp³-hybridized carbons (Fsp3) is 0.450. The Hall–Kier alpha value is -2.67. The van der Waals surface area contributed by atoms with E-state index in [0.29, 0.717) is 37.5 Å². The third-order valence-electron chi connectivity index (χ3n) is 5.51. The Morgan fingerprint density at radius 3 is 2.70 bits per heavy atom. The van der Waals surface area contributed by atoms with Crippen molar-refractivity contribution in [3.8, 4) is 11.3 Å². The molecule has 2 aliphatic rings. The monoisotopic (exact) mass is 369 g/mol. The number of hydrogen-bond donors (Lipinski definition) is 1. The first-order chi connectivity index (χ1) is 13.0. The normalized spacial score (nSPS) is 22.7. The van der Waals surface area contributed by atoms with Crippen LogP contribution in [0.5, 0.6) is 0 Å². The fourth-order valence-corrected chi connectivity index (χ4v) is 4.16. The van der Waals surface area contributed by atoms with E-state index in [1.54, 1.807) is 9.80 Å². The van der Waals surface area contributed by atoms with Crippen LogP contribution in [0.25, 0.3) is 11.3 Å². The molecule has 0 aliphatic carbocycles. The lowest BCUT2D eigenvalue weighted by Crippen LogP contribution is -2.65. The Balaban J connectivity index is 1.63. The molecule has 7 nitrogen and oxygen atoms in total. The molecule has 1 N–H and O–H groups in total. The van der Waals surface area contributed by atoms with Crippen molar-refractivity contribution >= 4 is 11.8 Å². The summed E-state index contributed by atoms with van der Waals surface area (Å²) in [5.41, 5.74) is 0.688. The fourth-order valence-electron chi connectivity index (χ4n) is 4.16. The van der Waals surface area contributed by atoms with E-state index < -0.39 is 11.6 Å². The zero-order valence-electron chi connectivity index (χ0n) is 15.3. The second kappa shape index (κ2) is 6.81. The van der Waals surface area contributed by atoms with Gasteiger partial charge in [0.25, 0.3) is 0 Å². The Bertz CT molecular complexity index is 844. The van der Waals surface area contributed by atoms with Crippen molar-refractivity contribution in [2.45, 2.75) is 37.8 Å². The topological polar surface area (TPSA) is 86.9 Å². The summed E-state index contributed by atoms with van der Waals surface area (Å²) in [6, 6.07) is 11.5. The predicted molar refractivity (Wildman–Crippen MR) is 97.6 cm³/mol. The first-order valence-corrected chi connectivity index (χ1v) is 9.26. The first-order valence-electron chi connectivity index (χ1n) is 9.26. The lowest BCUT2D eigenvalue weighted by atomic mass is 9.87. The van der Waals surface area contributed by atoms with Gasteiger partial charge < -0.3 is 19.4 Å². The standard InChI is InChI=1S/C20H23N3O4/c1-14(24)23-9-5-8-20(23,19(26)22-12-16(25)13-22)11-17-10-18(21-27-17)15-6-3-2-4-7-15/h2-4,6-7,10,16,25H,5,8-9,11-13H2,1H3. The van der Waals surface area contributed by atoms with Gasteiger partial charge in [-0.2, -0.15) is 0 Å². The molecule has 1 aromatic heterocycles. The molecule has 2 fully saturated rings. The average molecular weight is 369 g/mol. The third kappa shape index (κ3) is 3.12. The number of nitrogens with zero attached hydrogens (tertiary/aromatic N) is 3. The third-order valence-corrected chi connectivity index (χ3v) is 5.51. The summed E-state index contributed by atoms with van der Waals surface area (Å²) >= 11 is 0. The number of benzene rings is 1. The maximum absolute atomic E-state index is 13.2. The lowest BCUT2D eigenvalue weighted by molar-refractivity contribution is -0.158. The number of rotatable bonds is 4. The van der Waals surface area contributed by atoms with E-state index in [-0.39, 0.29) is 18.2 Å². The molecule has 4 rings (SSSR count). The smallest absolute Gasteiger partial charge is 0.249 e. The molecular formula is C20H23N3O4. The van der Waals surface area contributed by atoms with Crippen molar-refractivity contribution in [2.24, 2.45) is 0 Å². The number of β-amino-alcohol motifs (C(OH)–C–C–N with tert-alkyl or cyclic N) is 1. The summed E-state index contributed by atoms with van der Waals surface area (Å²) in [4.78, 5) is 28.8. The van der Waals surface area contributed by atoms with E-state index in [2.05, 4.69) is 5.16 Å². The Kier molecular flexibility index (Phi) is 4.47. The van der Waals surface area contributed by atoms with E-state index in [9.17, 15) is 14.7 Å². The van der Waals surface area contributed by atoms with Gasteiger partial charge in [-0.05, 0) is 12.8 Å². The minimum absolute atomic E-state index is 0.113. The van der Waals surface area contributed by atoms with Gasteiger partial charge in [0, 0.05) is 44.6 Å².